The van der Waals surface area contributed by atoms with Gasteiger partial charge in [-0.25, -0.2) is 18.7 Å². The third-order valence-electron chi connectivity index (χ3n) is 6.11. The fraction of sp³-hybridized carbons (Fsp3) is 0.391. The lowest BCUT2D eigenvalue weighted by Crippen LogP contribution is -2.59. The van der Waals surface area contributed by atoms with Gasteiger partial charge in [-0.3, -0.25) is 9.48 Å². The molecule has 11 heteroatoms. The van der Waals surface area contributed by atoms with Crippen LogP contribution in [0.2, 0.25) is 0 Å². The van der Waals surface area contributed by atoms with Crippen LogP contribution in [-0.2, 0) is 24.2 Å². The van der Waals surface area contributed by atoms with Crippen molar-refractivity contribution in [1.29, 1.82) is 0 Å². The average Bonchev–Trinajstić information content (AvgIpc) is 3.26. The SMILES string of the molecule is COc1c(F)cc(Cn2cc(CCc3nc(C)c4c(n3)N3CCNC[C@@H]3C(=O)N4)cn2)cc1F. The molecule has 0 radical (unpaired) electrons. The summed E-state index contributed by atoms with van der Waals surface area (Å²) in [5.74, 6) is -0.454. The molecule has 1 amide bonds. The minimum absolute atomic E-state index is 0.0387. The molecule has 0 unspecified atom stereocenters. The van der Waals surface area contributed by atoms with Gasteiger partial charge >= 0.3 is 0 Å². The van der Waals surface area contributed by atoms with Crippen molar-refractivity contribution in [2.45, 2.75) is 32.4 Å². The van der Waals surface area contributed by atoms with Gasteiger partial charge in [0.05, 0.1) is 25.5 Å². The first kappa shape index (κ1) is 22.2. The fourth-order valence-corrected chi connectivity index (χ4v) is 4.44. The highest BCUT2D eigenvalue weighted by Crippen LogP contribution is 2.33. The van der Waals surface area contributed by atoms with Crippen LogP contribution in [-0.4, -0.2) is 58.4 Å². The number of ether oxygens (including phenoxy) is 1. The minimum atomic E-state index is -0.743. The van der Waals surface area contributed by atoms with E-state index in [2.05, 4.69) is 20.7 Å². The summed E-state index contributed by atoms with van der Waals surface area (Å²) >= 11 is 0. The molecule has 2 aliphatic heterocycles. The van der Waals surface area contributed by atoms with Gasteiger partial charge in [0.2, 0.25) is 5.91 Å². The smallest absolute Gasteiger partial charge is 0.248 e. The largest absolute Gasteiger partial charge is 0.491 e. The predicted molar refractivity (Wildman–Crippen MR) is 121 cm³/mol. The van der Waals surface area contributed by atoms with Crippen molar-refractivity contribution >= 4 is 17.4 Å². The molecule has 34 heavy (non-hydrogen) atoms. The summed E-state index contributed by atoms with van der Waals surface area (Å²) in [5.41, 5.74) is 2.83. The first-order valence-electron chi connectivity index (χ1n) is 11.1. The molecule has 1 fully saturated rings. The fourth-order valence-electron chi connectivity index (χ4n) is 4.44. The summed E-state index contributed by atoms with van der Waals surface area (Å²) in [6, 6.07) is 2.22. The minimum Gasteiger partial charge on any atom is -0.491 e. The third-order valence-corrected chi connectivity index (χ3v) is 6.11. The molecule has 0 aliphatic carbocycles. The number of anilines is 2. The molecule has 1 saturated heterocycles. The zero-order chi connectivity index (χ0) is 23.8. The number of hydrogen-bond donors (Lipinski definition) is 2. The number of benzene rings is 1. The van der Waals surface area contributed by atoms with Crippen LogP contribution in [0.15, 0.2) is 24.5 Å². The van der Waals surface area contributed by atoms with E-state index < -0.39 is 17.4 Å². The van der Waals surface area contributed by atoms with Crippen LogP contribution >= 0.6 is 0 Å². The van der Waals surface area contributed by atoms with Crippen molar-refractivity contribution in [3.8, 4) is 5.75 Å². The zero-order valence-electron chi connectivity index (χ0n) is 18.9. The number of piperazine rings is 1. The highest BCUT2D eigenvalue weighted by molar-refractivity contribution is 6.03. The molecule has 0 spiro atoms. The van der Waals surface area contributed by atoms with Crippen LogP contribution < -0.4 is 20.3 Å². The normalized spacial score (nSPS) is 17.2. The maximum absolute atomic E-state index is 14.0. The van der Waals surface area contributed by atoms with E-state index >= 15 is 0 Å². The van der Waals surface area contributed by atoms with Crippen LogP contribution in [0.5, 0.6) is 5.75 Å². The van der Waals surface area contributed by atoms with Crippen LogP contribution in [0.4, 0.5) is 20.3 Å². The summed E-state index contributed by atoms with van der Waals surface area (Å²) in [6.07, 6.45) is 4.82. The van der Waals surface area contributed by atoms with Crippen molar-refractivity contribution in [3.05, 3.63) is 58.8 Å². The topological polar surface area (TPSA) is 97.2 Å². The van der Waals surface area contributed by atoms with E-state index in [0.717, 1.165) is 23.6 Å². The van der Waals surface area contributed by atoms with E-state index in [1.165, 1.54) is 19.2 Å². The maximum atomic E-state index is 14.0. The Morgan fingerprint density at radius 1 is 1.18 bits per heavy atom. The number of hydrogen-bond acceptors (Lipinski definition) is 7. The molecule has 2 N–H and O–H groups in total. The number of fused-ring (bicyclic) bond motifs is 3. The van der Waals surface area contributed by atoms with E-state index in [1.807, 2.05) is 18.0 Å². The molecule has 2 aliphatic rings. The van der Waals surface area contributed by atoms with Crippen molar-refractivity contribution in [1.82, 2.24) is 25.1 Å². The number of amides is 1. The predicted octanol–water partition coefficient (Wildman–Crippen LogP) is 1.83. The van der Waals surface area contributed by atoms with Gasteiger partial charge in [0.15, 0.2) is 23.2 Å². The van der Waals surface area contributed by atoms with Crippen LogP contribution in [0, 0.1) is 18.6 Å². The number of aromatic nitrogens is 4. The number of methoxy groups -OCH3 is 1. The summed E-state index contributed by atoms with van der Waals surface area (Å²) in [6.45, 7) is 4.20. The molecule has 1 atom stereocenters. The van der Waals surface area contributed by atoms with Gasteiger partial charge in [-0.15, -0.1) is 0 Å². The molecular formula is C23H25F2N7O2. The molecular weight excluding hydrogens is 444 g/mol. The van der Waals surface area contributed by atoms with Crippen LogP contribution in [0.1, 0.15) is 22.6 Å². The zero-order valence-corrected chi connectivity index (χ0v) is 18.9. The molecule has 1 aromatic carbocycles. The Balaban J connectivity index is 1.29. The number of carbonyl (C=O) groups excluding carboxylic acids is 1. The average molecular weight is 469 g/mol. The summed E-state index contributed by atoms with van der Waals surface area (Å²) < 4.78 is 34.3. The van der Waals surface area contributed by atoms with Gasteiger partial charge in [0, 0.05) is 32.3 Å². The molecule has 178 valence electrons. The first-order chi connectivity index (χ1) is 16.4. The van der Waals surface area contributed by atoms with Crippen LogP contribution in [0.3, 0.4) is 0 Å². The van der Waals surface area contributed by atoms with E-state index in [0.29, 0.717) is 43.0 Å². The first-order valence-corrected chi connectivity index (χ1v) is 11.1. The monoisotopic (exact) mass is 469 g/mol. The molecule has 9 nitrogen and oxygen atoms in total. The van der Waals surface area contributed by atoms with E-state index in [-0.39, 0.29) is 18.5 Å². The van der Waals surface area contributed by atoms with Crippen molar-refractivity contribution in [2.75, 3.05) is 37.0 Å². The van der Waals surface area contributed by atoms with E-state index in [1.54, 1.807) is 10.9 Å². The van der Waals surface area contributed by atoms with Crippen molar-refractivity contribution in [2.24, 2.45) is 0 Å². The molecule has 3 aromatic rings. The van der Waals surface area contributed by atoms with Gasteiger partial charge in [-0.2, -0.15) is 5.10 Å². The van der Waals surface area contributed by atoms with Gasteiger partial charge in [0.25, 0.3) is 0 Å². The Hall–Kier alpha value is -3.60. The van der Waals surface area contributed by atoms with Crippen molar-refractivity contribution < 1.29 is 18.3 Å². The Morgan fingerprint density at radius 3 is 2.74 bits per heavy atom. The molecule has 0 saturated carbocycles. The summed E-state index contributed by atoms with van der Waals surface area (Å²) in [5, 5.41) is 10.5. The quantitative estimate of drug-likeness (QED) is 0.569. The van der Waals surface area contributed by atoms with Gasteiger partial charge < -0.3 is 20.3 Å². The summed E-state index contributed by atoms with van der Waals surface area (Å²) in [4.78, 5) is 23.8. The highest BCUT2D eigenvalue weighted by atomic mass is 19.1. The number of carbonyl (C=O) groups is 1. The lowest BCUT2D eigenvalue weighted by Gasteiger charge is -2.40. The second kappa shape index (κ2) is 8.98. The Labute approximate surface area is 195 Å². The second-order valence-corrected chi connectivity index (χ2v) is 8.47. The molecule has 2 aromatic heterocycles. The second-order valence-electron chi connectivity index (χ2n) is 8.47. The lowest BCUT2D eigenvalue weighted by atomic mass is 10.1. The number of nitrogens with zero attached hydrogens (tertiary/aromatic N) is 5. The third kappa shape index (κ3) is 4.18. The lowest BCUT2D eigenvalue weighted by molar-refractivity contribution is -0.117. The number of halogens is 2. The Bertz CT molecular complexity index is 1220. The number of aryl methyl sites for hydroxylation is 3. The summed E-state index contributed by atoms with van der Waals surface area (Å²) in [7, 11) is 1.23. The standard InChI is InChI=1S/C23H25F2N7O2/c1-13-20-22(32-6-5-26-10-18(32)23(33)30-20)29-19(28-13)4-3-14-9-27-31(11-14)12-15-7-16(24)21(34-2)17(25)8-15/h7-9,11,18,26H,3-6,10,12H2,1-2H3,(H,30,33)/t18-/m1/s1. The molecule has 4 heterocycles. The Morgan fingerprint density at radius 2 is 1.97 bits per heavy atom. The maximum Gasteiger partial charge on any atom is 0.248 e. The van der Waals surface area contributed by atoms with Gasteiger partial charge in [-0.1, -0.05) is 0 Å². The van der Waals surface area contributed by atoms with Crippen LogP contribution in [0.25, 0.3) is 0 Å². The Kier molecular flexibility index (Phi) is 5.86. The number of rotatable bonds is 6. The van der Waals surface area contributed by atoms with E-state index in [4.69, 9.17) is 9.72 Å². The number of nitrogens with one attached hydrogen (secondary N) is 2. The van der Waals surface area contributed by atoms with E-state index in [9.17, 15) is 13.6 Å². The highest BCUT2D eigenvalue weighted by Gasteiger charge is 2.36. The molecule has 0 bridgehead atoms. The van der Waals surface area contributed by atoms with Gasteiger partial charge in [-0.05, 0) is 36.6 Å². The van der Waals surface area contributed by atoms with Crippen molar-refractivity contribution in [3.63, 3.8) is 0 Å². The van der Waals surface area contributed by atoms with Gasteiger partial charge in [0.1, 0.15) is 17.6 Å². The molecule has 5 rings (SSSR count).